The summed E-state index contributed by atoms with van der Waals surface area (Å²) in [5, 5.41) is 6.22. The Balaban J connectivity index is 1.68. The van der Waals surface area contributed by atoms with E-state index in [2.05, 4.69) is 19.1 Å². The lowest BCUT2D eigenvalue weighted by Gasteiger charge is -2.03. The molecule has 6 heteroatoms. The molecule has 0 unspecified atom stereocenters. The Morgan fingerprint density at radius 2 is 1.77 bits per heavy atom. The average molecular weight is 428 g/mol. The second kappa shape index (κ2) is 6.36. The summed E-state index contributed by atoms with van der Waals surface area (Å²) in [4.78, 5) is 18.2. The molecule has 0 fully saturated rings. The summed E-state index contributed by atoms with van der Waals surface area (Å²) in [6, 6.07) is 21.3. The van der Waals surface area contributed by atoms with Gasteiger partial charge in [0.2, 0.25) is 5.13 Å². The van der Waals surface area contributed by atoms with Gasteiger partial charge in [-0.3, -0.25) is 4.79 Å². The molecule has 2 heterocycles. The molecule has 6 rings (SSSR count). The zero-order chi connectivity index (χ0) is 20.4. The summed E-state index contributed by atoms with van der Waals surface area (Å²) in [6.07, 6.45) is 0. The summed E-state index contributed by atoms with van der Waals surface area (Å²) < 4.78 is 2.91. The summed E-state index contributed by atoms with van der Waals surface area (Å²) in [5.74, 6) is -0.0147. The molecule has 4 nitrogen and oxygen atoms in total. The van der Waals surface area contributed by atoms with Gasteiger partial charge in [0.05, 0.1) is 21.5 Å². The first-order valence-electron chi connectivity index (χ1n) is 9.51. The van der Waals surface area contributed by atoms with Gasteiger partial charge in [0, 0.05) is 21.7 Å². The minimum absolute atomic E-state index is 0.0147. The molecule has 0 atom stereocenters. The molecular weight excluding hydrogens is 414 g/mol. The maximum absolute atomic E-state index is 13.3. The standard InChI is InChI=1S/C24H14ClN3OS/c1-13-6-4-11-18-20(13)26-24(30-18)28-22-16-9-2-3-10-17(16)23(29)19(22)21(27-28)14-7-5-8-15(25)12-14/h2-12H,1H3. The number of halogens is 1. The number of aromatic nitrogens is 3. The summed E-state index contributed by atoms with van der Waals surface area (Å²) in [5.41, 5.74) is 6.50. The number of ketones is 1. The van der Waals surface area contributed by atoms with Gasteiger partial charge >= 0.3 is 0 Å². The first kappa shape index (κ1) is 17.6. The highest BCUT2D eigenvalue weighted by Gasteiger charge is 2.36. The molecule has 30 heavy (non-hydrogen) atoms. The molecule has 0 aliphatic heterocycles. The minimum atomic E-state index is -0.0147. The van der Waals surface area contributed by atoms with Crippen LogP contribution in [0.25, 0.3) is 37.9 Å². The number of carbonyl (C=O) groups excluding carboxylic acids is 1. The highest BCUT2D eigenvalue weighted by molar-refractivity contribution is 7.20. The first-order valence-corrected chi connectivity index (χ1v) is 10.7. The minimum Gasteiger partial charge on any atom is -0.288 e. The zero-order valence-electron chi connectivity index (χ0n) is 15.9. The number of benzene rings is 3. The third-order valence-electron chi connectivity index (χ3n) is 5.43. The van der Waals surface area contributed by atoms with Crippen molar-refractivity contribution in [2.45, 2.75) is 6.92 Å². The van der Waals surface area contributed by atoms with E-state index >= 15 is 0 Å². The van der Waals surface area contributed by atoms with Crippen molar-refractivity contribution in [1.29, 1.82) is 0 Å². The van der Waals surface area contributed by atoms with Crippen LogP contribution in [0.15, 0.2) is 66.7 Å². The zero-order valence-corrected chi connectivity index (χ0v) is 17.5. The van der Waals surface area contributed by atoms with Gasteiger partial charge in [-0.05, 0) is 30.7 Å². The molecule has 0 N–H and O–H groups in total. The van der Waals surface area contributed by atoms with Crippen LogP contribution in [-0.4, -0.2) is 20.5 Å². The molecule has 2 aromatic heterocycles. The van der Waals surface area contributed by atoms with Crippen molar-refractivity contribution in [2.75, 3.05) is 0 Å². The number of para-hydroxylation sites is 1. The van der Waals surface area contributed by atoms with Crippen LogP contribution in [0.1, 0.15) is 21.5 Å². The normalized spacial score (nSPS) is 12.4. The fourth-order valence-corrected chi connectivity index (χ4v) is 5.24. The van der Waals surface area contributed by atoms with Gasteiger partial charge in [-0.25, -0.2) is 9.67 Å². The Morgan fingerprint density at radius 3 is 2.57 bits per heavy atom. The summed E-state index contributed by atoms with van der Waals surface area (Å²) >= 11 is 7.81. The van der Waals surface area contributed by atoms with Crippen LogP contribution in [0, 0.1) is 6.92 Å². The number of thiazole rings is 1. The van der Waals surface area contributed by atoms with Crippen LogP contribution >= 0.6 is 22.9 Å². The van der Waals surface area contributed by atoms with E-state index in [1.54, 1.807) is 11.3 Å². The molecule has 1 aliphatic rings. The van der Waals surface area contributed by atoms with Crippen LogP contribution in [0.4, 0.5) is 0 Å². The van der Waals surface area contributed by atoms with E-state index in [9.17, 15) is 4.79 Å². The molecule has 0 amide bonds. The van der Waals surface area contributed by atoms with E-state index in [-0.39, 0.29) is 5.78 Å². The van der Waals surface area contributed by atoms with Crippen molar-refractivity contribution in [3.63, 3.8) is 0 Å². The SMILES string of the molecule is Cc1cccc2sc(-n3nc(-c4cccc(Cl)c4)c4c3-c3ccccc3C4=O)nc12. The van der Waals surface area contributed by atoms with Crippen LogP contribution in [0.3, 0.4) is 0 Å². The smallest absolute Gasteiger partial charge is 0.212 e. The lowest BCUT2D eigenvalue weighted by Crippen LogP contribution is -2.00. The number of fused-ring (bicyclic) bond motifs is 4. The quantitative estimate of drug-likeness (QED) is 0.324. The lowest BCUT2D eigenvalue weighted by atomic mass is 10.0. The second-order valence-electron chi connectivity index (χ2n) is 7.29. The predicted octanol–water partition coefficient (Wildman–Crippen LogP) is 6.32. The first-order chi connectivity index (χ1) is 14.6. The van der Waals surface area contributed by atoms with Gasteiger partial charge < -0.3 is 0 Å². The van der Waals surface area contributed by atoms with E-state index in [0.717, 1.165) is 37.7 Å². The number of nitrogens with zero attached hydrogens (tertiary/aromatic N) is 3. The highest BCUT2D eigenvalue weighted by atomic mass is 35.5. The molecule has 0 bridgehead atoms. The van der Waals surface area contributed by atoms with Gasteiger partial charge in [-0.2, -0.15) is 5.10 Å². The molecule has 0 saturated heterocycles. The number of hydrogen-bond acceptors (Lipinski definition) is 4. The molecule has 0 saturated carbocycles. The van der Waals surface area contributed by atoms with Crippen LogP contribution in [0.2, 0.25) is 5.02 Å². The van der Waals surface area contributed by atoms with Crippen LogP contribution < -0.4 is 0 Å². The van der Waals surface area contributed by atoms with Gasteiger partial charge in [0.15, 0.2) is 5.78 Å². The molecule has 144 valence electrons. The van der Waals surface area contributed by atoms with E-state index in [1.807, 2.05) is 59.3 Å². The van der Waals surface area contributed by atoms with Crippen molar-refractivity contribution in [2.24, 2.45) is 0 Å². The van der Waals surface area contributed by atoms with Crippen LogP contribution in [0.5, 0.6) is 0 Å². The molecule has 3 aromatic carbocycles. The van der Waals surface area contributed by atoms with Crippen molar-refractivity contribution in [3.8, 4) is 27.6 Å². The maximum atomic E-state index is 13.3. The van der Waals surface area contributed by atoms with Crippen LogP contribution in [-0.2, 0) is 0 Å². The topological polar surface area (TPSA) is 47.8 Å². The Hall–Kier alpha value is -3.28. The fraction of sp³-hybridized carbons (Fsp3) is 0.0417. The van der Waals surface area contributed by atoms with Crippen molar-refractivity contribution in [3.05, 3.63) is 88.4 Å². The Kier molecular flexibility index (Phi) is 3.72. The summed E-state index contributed by atoms with van der Waals surface area (Å²) in [6.45, 7) is 2.05. The molecule has 1 aliphatic carbocycles. The number of carbonyl (C=O) groups is 1. The molecular formula is C24H14ClN3OS. The summed E-state index contributed by atoms with van der Waals surface area (Å²) in [7, 11) is 0. The third-order valence-corrected chi connectivity index (χ3v) is 6.66. The Morgan fingerprint density at radius 1 is 0.967 bits per heavy atom. The van der Waals surface area contributed by atoms with E-state index in [1.165, 1.54) is 0 Å². The third kappa shape index (κ3) is 2.43. The van der Waals surface area contributed by atoms with Crippen molar-refractivity contribution < 1.29 is 4.79 Å². The van der Waals surface area contributed by atoms with Gasteiger partial charge in [0.25, 0.3) is 0 Å². The predicted molar refractivity (Wildman–Crippen MR) is 121 cm³/mol. The van der Waals surface area contributed by atoms with Gasteiger partial charge in [-0.15, -0.1) is 0 Å². The maximum Gasteiger partial charge on any atom is 0.212 e. The number of aryl methyl sites for hydroxylation is 1. The lowest BCUT2D eigenvalue weighted by molar-refractivity contribution is 0.104. The molecule has 0 radical (unpaired) electrons. The van der Waals surface area contributed by atoms with Crippen molar-refractivity contribution in [1.82, 2.24) is 14.8 Å². The number of rotatable bonds is 2. The number of hydrogen-bond donors (Lipinski definition) is 0. The second-order valence-corrected chi connectivity index (χ2v) is 8.73. The molecule has 5 aromatic rings. The molecule has 0 spiro atoms. The Labute approximate surface area is 181 Å². The van der Waals surface area contributed by atoms with Gasteiger partial charge in [-0.1, -0.05) is 71.5 Å². The monoisotopic (exact) mass is 427 g/mol. The average Bonchev–Trinajstić information content (AvgIpc) is 3.42. The largest absolute Gasteiger partial charge is 0.288 e. The van der Waals surface area contributed by atoms with E-state index < -0.39 is 0 Å². The fourth-order valence-electron chi connectivity index (χ4n) is 4.05. The van der Waals surface area contributed by atoms with Gasteiger partial charge in [0.1, 0.15) is 5.69 Å². The Bertz CT molecular complexity index is 1500. The highest BCUT2D eigenvalue weighted by Crippen LogP contribution is 2.43. The van der Waals surface area contributed by atoms with E-state index in [0.29, 0.717) is 21.8 Å². The van der Waals surface area contributed by atoms with Crippen molar-refractivity contribution >= 4 is 38.9 Å². The van der Waals surface area contributed by atoms with E-state index in [4.69, 9.17) is 21.7 Å².